The van der Waals surface area contributed by atoms with Crippen LogP contribution in [-0.2, 0) is 6.42 Å². The van der Waals surface area contributed by atoms with Crippen molar-refractivity contribution in [1.29, 1.82) is 0 Å². The van der Waals surface area contributed by atoms with E-state index in [-0.39, 0.29) is 0 Å². The number of para-hydroxylation sites is 1. The van der Waals surface area contributed by atoms with Crippen molar-refractivity contribution in [2.24, 2.45) is 0 Å². The largest absolute Gasteiger partial charge is 0.339 e. The van der Waals surface area contributed by atoms with Crippen molar-refractivity contribution in [1.82, 2.24) is 14.4 Å². The molecule has 27 heavy (non-hydrogen) atoms. The normalized spacial score (nSPS) is 11.1. The van der Waals surface area contributed by atoms with Gasteiger partial charge in [-0.2, -0.15) is 0 Å². The molecule has 4 rings (SSSR count). The van der Waals surface area contributed by atoms with Crippen LogP contribution in [0.15, 0.2) is 54.6 Å². The number of aryl methyl sites for hydroxylation is 4. The first kappa shape index (κ1) is 17.3. The number of rotatable bonds is 4. The Hall–Kier alpha value is -3.14. The molecule has 0 aliphatic heterocycles. The molecule has 0 saturated carbocycles. The van der Waals surface area contributed by atoms with Crippen molar-refractivity contribution in [3.05, 3.63) is 88.4 Å². The molecule has 2 aromatic heterocycles. The second-order valence-electron chi connectivity index (χ2n) is 7.14. The second-order valence-corrected chi connectivity index (χ2v) is 7.14. The lowest BCUT2D eigenvalue weighted by Gasteiger charge is -2.15. The first-order chi connectivity index (χ1) is 13.0. The molecule has 0 aliphatic rings. The Bertz CT molecular complexity index is 1090. The van der Waals surface area contributed by atoms with E-state index in [1.807, 2.05) is 13.0 Å². The summed E-state index contributed by atoms with van der Waals surface area (Å²) in [7, 11) is 0. The Kier molecular flexibility index (Phi) is 4.40. The van der Waals surface area contributed by atoms with Gasteiger partial charge in [-0.3, -0.25) is 4.40 Å². The quantitative estimate of drug-likeness (QED) is 0.540. The molecular formula is C23H24N4. The minimum atomic E-state index is 0.743. The van der Waals surface area contributed by atoms with E-state index in [2.05, 4.69) is 84.0 Å². The predicted octanol–water partition coefficient (Wildman–Crippen LogP) is 5.30. The zero-order valence-corrected chi connectivity index (χ0v) is 16.2. The van der Waals surface area contributed by atoms with Gasteiger partial charge in [0.1, 0.15) is 5.82 Å². The van der Waals surface area contributed by atoms with E-state index in [0.717, 1.165) is 40.8 Å². The predicted molar refractivity (Wildman–Crippen MR) is 111 cm³/mol. The molecule has 136 valence electrons. The standard InChI is InChI=1S/C23H24N4/c1-15-9-8-10-16(2)21(15)26-22-20(14-19-11-6-5-7-12-19)25-23-24-17(3)13-18(4)27(22)23/h5-13,26H,14H2,1-4H3. The summed E-state index contributed by atoms with van der Waals surface area (Å²) in [6, 6.07) is 18.9. The number of fused-ring (bicyclic) bond motifs is 1. The van der Waals surface area contributed by atoms with Gasteiger partial charge >= 0.3 is 0 Å². The van der Waals surface area contributed by atoms with Gasteiger partial charge in [0.15, 0.2) is 0 Å². The molecule has 0 bridgehead atoms. The molecule has 0 radical (unpaired) electrons. The lowest BCUT2D eigenvalue weighted by molar-refractivity contribution is 1.02. The van der Waals surface area contributed by atoms with Gasteiger partial charge in [-0.1, -0.05) is 48.5 Å². The van der Waals surface area contributed by atoms with Gasteiger partial charge in [-0.25, -0.2) is 9.97 Å². The molecule has 4 heteroatoms. The molecule has 0 atom stereocenters. The van der Waals surface area contributed by atoms with Crippen LogP contribution in [0.2, 0.25) is 0 Å². The van der Waals surface area contributed by atoms with Gasteiger partial charge < -0.3 is 5.32 Å². The first-order valence-corrected chi connectivity index (χ1v) is 9.25. The van der Waals surface area contributed by atoms with Gasteiger partial charge in [-0.15, -0.1) is 0 Å². The monoisotopic (exact) mass is 356 g/mol. The number of imidazole rings is 1. The van der Waals surface area contributed by atoms with Crippen LogP contribution in [0.1, 0.15) is 33.8 Å². The van der Waals surface area contributed by atoms with Crippen molar-refractivity contribution in [3.63, 3.8) is 0 Å². The third-order valence-electron chi connectivity index (χ3n) is 4.92. The van der Waals surface area contributed by atoms with E-state index in [4.69, 9.17) is 4.98 Å². The van der Waals surface area contributed by atoms with Crippen molar-refractivity contribution in [2.75, 3.05) is 5.32 Å². The third kappa shape index (κ3) is 3.31. The fourth-order valence-corrected chi connectivity index (χ4v) is 3.59. The maximum absolute atomic E-state index is 4.87. The Balaban J connectivity index is 1.89. The number of benzene rings is 2. The Labute approximate surface area is 159 Å². The summed E-state index contributed by atoms with van der Waals surface area (Å²) in [5, 5.41) is 3.67. The maximum atomic E-state index is 4.87. The van der Waals surface area contributed by atoms with E-state index in [1.54, 1.807) is 0 Å². The van der Waals surface area contributed by atoms with Crippen molar-refractivity contribution < 1.29 is 0 Å². The summed E-state index contributed by atoms with van der Waals surface area (Å²) in [5.74, 6) is 1.74. The van der Waals surface area contributed by atoms with Crippen molar-refractivity contribution >= 4 is 17.3 Å². The first-order valence-electron chi connectivity index (χ1n) is 9.25. The zero-order valence-electron chi connectivity index (χ0n) is 16.2. The average Bonchev–Trinajstić information content (AvgIpc) is 2.96. The summed E-state index contributed by atoms with van der Waals surface area (Å²) in [6.07, 6.45) is 0.760. The molecular weight excluding hydrogens is 332 g/mol. The van der Waals surface area contributed by atoms with E-state index in [0.29, 0.717) is 0 Å². The summed E-state index contributed by atoms with van der Waals surface area (Å²) in [5.41, 5.74) is 7.91. The third-order valence-corrected chi connectivity index (χ3v) is 4.92. The Morgan fingerprint density at radius 1 is 0.852 bits per heavy atom. The lowest BCUT2D eigenvalue weighted by Crippen LogP contribution is -2.04. The average molecular weight is 356 g/mol. The summed E-state index contributed by atoms with van der Waals surface area (Å²) in [4.78, 5) is 9.53. The highest BCUT2D eigenvalue weighted by Crippen LogP contribution is 2.29. The summed E-state index contributed by atoms with van der Waals surface area (Å²) in [6.45, 7) is 8.37. The molecule has 0 spiro atoms. The highest BCUT2D eigenvalue weighted by atomic mass is 15.2. The molecule has 0 unspecified atom stereocenters. The molecule has 0 aliphatic carbocycles. The number of nitrogens with one attached hydrogen (secondary N) is 1. The van der Waals surface area contributed by atoms with Crippen LogP contribution in [0.25, 0.3) is 5.78 Å². The summed E-state index contributed by atoms with van der Waals surface area (Å²) < 4.78 is 2.12. The van der Waals surface area contributed by atoms with Crippen LogP contribution in [0.3, 0.4) is 0 Å². The minimum absolute atomic E-state index is 0.743. The molecule has 4 nitrogen and oxygen atoms in total. The van der Waals surface area contributed by atoms with Crippen LogP contribution in [0, 0.1) is 27.7 Å². The molecule has 0 amide bonds. The SMILES string of the molecule is Cc1cc(C)n2c(Nc3c(C)cccc3C)c(Cc3ccccc3)nc2n1. The van der Waals surface area contributed by atoms with Crippen molar-refractivity contribution in [2.45, 2.75) is 34.1 Å². The van der Waals surface area contributed by atoms with Crippen LogP contribution in [0.5, 0.6) is 0 Å². The van der Waals surface area contributed by atoms with E-state index < -0.39 is 0 Å². The molecule has 0 saturated heterocycles. The highest BCUT2D eigenvalue weighted by molar-refractivity contribution is 5.68. The summed E-state index contributed by atoms with van der Waals surface area (Å²) >= 11 is 0. The zero-order chi connectivity index (χ0) is 19.0. The van der Waals surface area contributed by atoms with Crippen LogP contribution in [-0.4, -0.2) is 14.4 Å². The minimum Gasteiger partial charge on any atom is -0.339 e. The lowest BCUT2D eigenvalue weighted by atomic mass is 10.1. The topological polar surface area (TPSA) is 42.2 Å². The number of hydrogen-bond acceptors (Lipinski definition) is 3. The molecule has 4 aromatic rings. The number of anilines is 2. The molecule has 1 N–H and O–H groups in total. The van der Waals surface area contributed by atoms with Crippen LogP contribution < -0.4 is 5.32 Å². The van der Waals surface area contributed by atoms with Gasteiger partial charge in [0.25, 0.3) is 0 Å². The molecule has 0 fully saturated rings. The number of nitrogens with zero attached hydrogens (tertiary/aromatic N) is 3. The van der Waals surface area contributed by atoms with Gasteiger partial charge in [0.05, 0.1) is 5.69 Å². The van der Waals surface area contributed by atoms with Gasteiger partial charge in [-0.05, 0) is 50.5 Å². The Morgan fingerprint density at radius 2 is 1.56 bits per heavy atom. The molecule has 2 heterocycles. The van der Waals surface area contributed by atoms with Crippen LogP contribution in [0.4, 0.5) is 11.5 Å². The van der Waals surface area contributed by atoms with Crippen LogP contribution >= 0.6 is 0 Å². The fourth-order valence-electron chi connectivity index (χ4n) is 3.59. The molecule has 2 aromatic carbocycles. The smallest absolute Gasteiger partial charge is 0.236 e. The maximum Gasteiger partial charge on any atom is 0.236 e. The van der Waals surface area contributed by atoms with Crippen molar-refractivity contribution in [3.8, 4) is 0 Å². The van der Waals surface area contributed by atoms with E-state index in [9.17, 15) is 0 Å². The Morgan fingerprint density at radius 3 is 2.26 bits per heavy atom. The highest BCUT2D eigenvalue weighted by Gasteiger charge is 2.17. The van der Waals surface area contributed by atoms with Gasteiger partial charge in [0, 0.05) is 23.5 Å². The number of aromatic nitrogens is 3. The fraction of sp³-hybridized carbons (Fsp3) is 0.217. The van der Waals surface area contributed by atoms with Gasteiger partial charge in [0.2, 0.25) is 5.78 Å². The van der Waals surface area contributed by atoms with E-state index in [1.165, 1.54) is 16.7 Å². The number of hydrogen-bond donors (Lipinski definition) is 1. The second kappa shape index (κ2) is 6.88. The van der Waals surface area contributed by atoms with E-state index >= 15 is 0 Å².